The maximum atomic E-state index is 12.0. The number of nitrogens with two attached hydrogens (primary N) is 1. The first-order valence-electron chi connectivity index (χ1n) is 6.50. The largest absolute Gasteiger partial charge is 0.349 e. The van der Waals surface area contributed by atoms with Crippen LogP contribution in [0.1, 0.15) is 23.3 Å². The smallest absolute Gasteiger partial charge is 0.270 e. The summed E-state index contributed by atoms with van der Waals surface area (Å²) in [7, 11) is 0. The molecule has 7 heteroatoms. The fourth-order valence-corrected chi connectivity index (χ4v) is 2.66. The molecule has 1 unspecified atom stereocenters. The molecule has 1 fully saturated rings. The van der Waals surface area contributed by atoms with Gasteiger partial charge in [-0.05, 0) is 18.8 Å². The molecule has 2 heterocycles. The van der Waals surface area contributed by atoms with Crippen LogP contribution in [-0.2, 0) is 0 Å². The van der Waals surface area contributed by atoms with Crippen molar-refractivity contribution >= 4 is 17.2 Å². The van der Waals surface area contributed by atoms with Crippen molar-refractivity contribution in [2.45, 2.75) is 18.9 Å². The zero-order valence-electron chi connectivity index (χ0n) is 10.8. The van der Waals surface area contributed by atoms with Gasteiger partial charge >= 0.3 is 0 Å². The fourth-order valence-electron chi connectivity index (χ4n) is 1.90. The van der Waals surface area contributed by atoms with Crippen molar-refractivity contribution in [1.29, 1.82) is 0 Å². The van der Waals surface area contributed by atoms with Gasteiger partial charge < -0.3 is 11.1 Å². The second-order valence-corrected chi connectivity index (χ2v) is 5.70. The van der Waals surface area contributed by atoms with Gasteiger partial charge in [0.25, 0.3) is 5.91 Å². The van der Waals surface area contributed by atoms with Crippen molar-refractivity contribution < 1.29 is 4.79 Å². The minimum atomic E-state index is -0.188. The third kappa shape index (κ3) is 3.00. The van der Waals surface area contributed by atoms with Crippen LogP contribution < -0.4 is 11.1 Å². The maximum absolute atomic E-state index is 12.0. The van der Waals surface area contributed by atoms with Crippen LogP contribution >= 0.6 is 11.3 Å². The minimum Gasteiger partial charge on any atom is -0.349 e. The van der Waals surface area contributed by atoms with Gasteiger partial charge in [0.1, 0.15) is 16.4 Å². The molecule has 3 rings (SSSR count). The first kappa shape index (κ1) is 13.1. The lowest BCUT2D eigenvalue weighted by Gasteiger charge is -2.10. The van der Waals surface area contributed by atoms with Crippen molar-refractivity contribution in [1.82, 2.24) is 20.3 Å². The molecule has 1 amide bonds. The second kappa shape index (κ2) is 5.64. The van der Waals surface area contributed by atoms with E-state index in [-0.39, 0.29) is 11.9 Å². The number of amides is 1. The van der Waals surface area contributed by atoms with Crippen molar-refractivity contribution in [2.75, 3.05) is 6.54 Å². The molecule has 2 aromatic rings. The zero-order chi connectivity index (χ0) is 13.9. The average Bonchev–Trinajstić information content (AvgIpc) is 3.22. The Kier molecular flexibility index (Phi) is 3.70. The number of nitrogens with zero attached hydrogens (tertiary/aromatic N) is 3. The van der Waals surface area contributed by atoms with Crippen molar-refractivity contribution in [3.8, 4) is 10.7 Å². The van der Waals surface area contributed by atoms with Crippen molar-refractivity contribution in [3.05, 3.63) is 29.7 Å². The van der Waals surface area contributed by atoms with Gasteiger partial charge in [0, 0.05) is 30.4 Å². The Labute approximate surface area is 120 Å². The summed E-state index contributed by atoms with van der Waals surface area (Å²) in [5, 5.41) is 5.24. The molecule has 104 valence electrons. The normalized spacial score (nSPS) is 15.8. The molecule has 2 aromatic heterocycles. The predicted molar refractivity (Wildman–Crippen MR) is 76.2 cm³/mol. The summed E-state index contributed by atoms with van der Waals surface area (Å²) >= 11 is 1.38. The highest BCUT2D eigenvalue weighted by atomic mass is 32.1. The average molecular weight is 289 g/mol. The molecule has 6 nitrogen and oxygen atoms in total. The number of hydrogen-bond donors (Lipinski definition) is 2. The van der Waals surface area contributed by atoms with Crippen LogP contribution in [0.25, 0.3) is 10.7 Å². The Morgan fingerprint density at radius 2 is 2.35 bits per heavy atom. The monoisotopic (exact) mass is 289 g/mol. The number of aromatic nitrogens is 3. The van der Waals surface area contributed by atoms with E-state index >= 15 is 0 Å². The van der Waals surface area contributed by atoms with Crippen LogP contribution in [0.15, 0.2) is 24.0 Å². The van der Waals surface area contributed by atoms with E-state index in [2.05, 4.69) is 20.3 Å². The standard InChI is InChI=1S/C13H15N5OS/c14-9(8-1-2-8)5-17-12(19)11-7-20-13(18-11)10-6-15-3-4-16-10/h3-4,6-9H,1-2,5,14H2,(H,17,19). The minimum absolute atomic E-state index is 0.0528. The highest BCUT2D eigenvalue weighted by Crippen LogP contribution is 2.31. The molecule has 0 aromatic carbocycles. The number of nitrogens with one attached hydrogen (secondary N) is 1. The summed E-state index contributed by atoms with van der Waals surface area (Å²) in [6.07, 6.45) is 7.17. The summed E-state index contributed by atoms with van der Waals surface area (Å²) in [5.74, 6) is 0.383. The van der Waals surface area contributed by atoms with Crippen molar-refractivity contribution in [2.24, 2.45) is 11.7 Å². The number of thiazole rings is 1. The Balaban J connectivity index is 1.62. The summed E-state index contributed by atoms with van der Waals surface area (Å²) in [6, 6.07) is 0.0528. The lowest BCUT2D eigenvalue weighted by atomic mass is 10.2. The van der Waals surface area contributed by atoms with E-state index in [0.717, 1.165) is 0 Å². The van der Waals surface area contributed by atoms with Crippen LogP contribution in [-0.4, -0.2) is 33.4 Å². The Morgan fingerprint density at radius 3 is 3.05 bits per heavy atom. The van der Waals surface area contributed by atoms with Gasteiger partial charge in [-0.3, -0.25) is 14.8 Å². The van der Waals surface area contributed by atoms with Gasteiger partial charge in [-0.25, -0.2) is 4.98 Å². The van der Waals surface area contributed by atoms with E-state index in [1.165, 1.54) is 24.2 Å². The third-order valence-corrected chi connectivity index (χ3v) is 4.11. The summed E-state index contributed by atoms with van der Waals surface area (Å²) in [4.78, 5) is 24.4. The van der Waals surface area contributed by atoms with Gasteiger partial charge in [0.2, 0.25) is 0 Å². The first-order chi connectivity index (χ1) is 9.74. The van der Waals surface area contributed by atoms with Crippen LogP contribution in [0.2, 0.25) is 0 Å². The second-order valence-electron chi connectivity index (χ2n) is 4.84. The Hall–Kier alpha value is -1.86. The molecule has 0 bridgehead atoms. The van der Waals surface area contributed by atoms with Crippen LogP contribution in [0.3, 0.4) is 0 Å². The molecular formula is C13H15N5OS. The van der Waals surface area contributed by atoms with Crippen LogP contribution in [0.4, 0.5) is 0 Å². The molecule has 0 saturated heterocycles. The van der Waals surface area contributed by atoms with E-state index in [1.54, 1.807) is 24.0 Å². The summed E-state index contributed by atoms with van der Waals surface area (Å²) < 4.78 is 0. The Bertz CT molecular complexity index is 596. The number of carbonyl (C=O) groups is 1. The molecule has 1 aliphatic rings. The van der Waals surface area contributed by atoms with Crippen LogP contribution in [0.5, 0.6) is 0 Å². The lowest BCUT2D eigenvalue weighted by molar-refractivity contribution is 0.0946. The van der Waals surface area contributed by atoms with Gasteiger partial charge in [-0.1, -0.05) is 0 Å². The van der Waals surface area contributed by atoms with Crippen LogP contribution in [0, 0.1) is 5.92 Å². The van der Waals surface area contributed by atoms with Gasteiger partial charge in [0.05, 0.1) is 6.20 Å². The fraction of sp³-hybridized carbons (Fsp3) is 0.385. The summed E-state index contributed by atoms with van der Waals surface area (Å²) in [6.45, 7) is 0.501. The number of carbonyl (C=O) groups excluding carboxylic acids is 1. The van der Waals surface area contributed by atoms with E-state index in [0.29, 0.717) is 28.9 Å². The lowest BCUT2D eigenvalue weighted by Crippen LogP contribution is -2.38. The van der Waals surface area contributed by atoms with E-state index in [4.69, 9.17) is 5.73 Å². The molecule has 1 aliphatic carbocycles. The first-order valence-corrected chi connectivity index (χ1v) is 7.37. The highest BCUT2D eigenvalue weighted by molar-refractivity contribution is 7.13. The highest BCUT2D eigenvalue weighted by Gasteiger charge is 2.28. The number of rotatable bonds is 5. The zero-order valence-corrected chi connectivity index (χ0v) is 11.6. The van der Waals surface area contributed by atoms with Gasteiger partial charge in [-0.2, -0.15) is 0 Å². The summed E-state index contributed by atoms with van der Waals surface area (Å²) in [5.41, 5.74) is 7.02. The van der Waals surface area contributed by atoms with Gasteiger partial charge in [0.15, 0.2) is 0 Å². The Morgan fingerprint density at radius 1 is 1.50 bits per heavy atom. The third-order valence-electron chi connectivity index (χ3n) is 3.24. The van der Waals surface area contributed by atoms with E-state index < -0.39 is 0 Å². The predicted octanol–water partition coefficient (Wildman–Crippen LogP) is 1.07. The maximum Gasteiger partial charge on any atom is 0.270 e. The topological polar surface area (TPSA) is 93.8 Å². The molecule has 1 saturated carbocycles. The van der Waals surface area contributed by atoms with Gasteiger partial charge in [-0.15, -0.1) is 11.3 Å². The molecule has 3 N–H and O–H groups in total. The van der Waals surface area contributed by atoms with Crippen molar-refractivity contribution in [3.63, 3.8) is 0 Å². The molecule has 1 atom stereocenters. The molecule has 0 radical (unpaired) electrons. The SMILES string of the molecule is NC(CNC(=O)c1csc(-c2cnccn2)n1)C1CC1. The molecule has 0 aliphatic heterocycles. The molecular weight excluding hydrogens is 274 g/mol. The molecule has 20 heavy (non-hydrogen) atoms. The van der Waals surface area contributed by atoms with E-state index in [9.17, 15) is 4.79 Å². The van der Waals surface area contributed by atoms with E-state index in [1.807, 2.05) is 0 Å². The number of hydrogen-bond acceptors (Lipinski definition) is 6. The molecule has 0 spiro atoms. The quantitative estimate of drug-likeness (QED) is 0.858.